The summed E-state index contributed by atoms with van der Waals surface area (Å²) in [7, 11) is 0. The third kappa shape index (κ3) is 4.41. The monoisotopic (exact) mass is 216 g/mol. The molecule has 14 heavy (non-hydrogen) atoms. The maximum absolute atomic E-state index is 10.6. The second-order valence-corrected chi connectivity index (χ2v) is 3.84. The van der Waals surface area contributed by atoms with Crippen LogP contribution in [0.15, 0.2) is 0 Å². The highest BCUT2D eigenvalue weighted by Crippen LogP contribution is 2.20. The van der Waals surface area contributed by atoms with Gasteiger partial charge in [-0.05, 0) is 37.9 Å². The molecule has 1 rings (SSSR count). The van der Waals surface area contributed by atoms with E-state index in [0.717, 1.165) is 12.8 Å². The molecule has 5 heteroatoms. The summed E-state index contributed by atoms with van der Waals surface area (Å²) in [6, 6.07) is 0. The fraction of sp³-hybridized carbons (Fsp3) is 0.778. The van der Waals surface area contributed by atoms with Crippen molar-refractivity contribution in [2.45, 2.75) is 45.1 Å². The fourth-order valence-electron chi connectivity index (χ4n) is 1.50. The van der Waals surface area contributed by atoms with Gasteiger partial charge in [0.05, 0.1) is 0 Å². The van der Waals surface area contributed by atoms with Gasteiger partial charge in [-0.2, -0.15) is 0 Å². The smallest absolute Gasteiger partial charge is 0.276 e. The number of hydrogen-bond donors (Lipinski definition) is 2. The highest BCUT2D eigenvalue weighted by atomic mass is 32.1. The van der Waals surface area contributed by atoms with Gasteiger partial charge in [-0.15, -0.1) is 0 Å². The van der Waals surface area contributed by atoms with Gasteiger partial charge in [0, 0.05) is 6.92 Å². The van der Waals surface area contributed by atoms with E-state index in [2.05, 4.69) is 10.9 Å². The molecule has 0 aromatic rings. The van der Waals surface area contributed by atoms with Crippen LogP contribution in [0.25, 0.3) is 0 Å². The number of amides is 1. The van der Waals surface area contributed by atoms with Crippen LogP contribution in [0.4, 0.5) is 0 Å². The zero-order valence-corrected chi connectivity index (χ0v) is 9.15. The maximum atomic E-state index is 10.6. The third-order valence-corrected chi connectivity index (χ3v) is 2.36. The van der Waals surface area contributed by atoms with Crippen molar-refractivity contribution < 1.29 is 9.53 Å². The molecule has 4 nitrogen and oxygen atoms in total. The predicted octanol–water partition coefficient (Wildman–Crippen LogP) is 1.26. The van der Waals surface area contributed by atoms with E-state index in [4.69, 9.17) is 17.0 Å². The Bertz CT molecular complexity index is 215. The summed E-state index contributed by atoms with van der Waals surface area (Å²) in [5.41, 5.74) is 4.92. The molecule has 1 aliphatic carbocycles. The summed E-state index contributed by atoms with van der Waals surface area (Å²) >= 11 is 4.91. The largest absolute Gasteiger partial charge is 0.467 e. The van der Waals surface area contributed by atoms with Crippen LogP contribution < -0.4 is 10.9 Å². The first-order valence-electron chi connectivity index (χ1n) is 4.91. The molecular formula is C9H16N2O2S. The minimum absolute atomic E-state index is 0.181. The molecular weight excluding hydrogens is 200 g/mol. The van der Waals surface area contributed by atoms with Crippen LogP contribution in [-0.2, 0) is 9.53 Å². The van der Waals surface area contributed by atoms with Gasteiger partial charge in [0.1, 0.15) is 6.10 Å². The molecule has 80 valence electrons. The summed E-state index contributed by atoms with van der Waals surface area (Å²) in [6.45, 7) is 1.41. The van der Waals surface area contributed by atoms with E-state index in [0.29, 0.717) is 0 Å². The van der Waals surface area contributed by atoms with E-state index in [9.17, 15) is 4.79 Å². The average molecular weight is 216 g/mol. The van der Waals surface area contributed by atoms with Gasteiger partial charge in [0.2, 0.25) is 5.91 Å². The van der Waals surface area contributed by atoms with Gasteiger partial charge in [-0.1, -0.05) is 6.42 Å². The van der Waals surface area contributed by atoms with Crippen LogP contribution in [0, 0.1) is 0 Å². The first-order chi connectivity index (χ1) is 6.68. The van der Waals surface area contributed by atoms with Crippen molar-refractivity contribution in [2.24, 2.45) is 0 Å². The van der Waals surface area contributed by atoms with Crippen molar-refractivity contribution in [1.82, 2.24) is 10.9 Å². The molecule has 0 spiro atoms. The summed E-state index contributed by atoms with van der Waals surface area (Å²) in [4.78, 5) is 10.6. The van der Waals surface area contributed by atoms with Crippen molar-refractivity contribution in [3.05, 3.63) is 0 Å². The summed E-state index contributed by atoms with van der Waals surface area (Å²) < 4.78 is 5.45. The lowest BCUT2D eigenvalue weighted by molar-refractivity contribution is -0.119. The highest BCUT2D eigenvalue weighted by Gasteiger charge is 2.15. The number of nitrogens with one attached hydrogen (secondary N) is 2. The second kappa shape index (κ2) is 5.80. The van der Waals surface area contributed by atoms with Crippen LogP contribution in [0.3, 0.4) is 0 Å². The van der Waals surface area contributed by atoms with E-state index in [1.807, 2.05) is 0 Å². The molecule has 0 atom stereocenters. The summed E-state index contributed by atoms with van der Waals surface area (Å²) in [5, 5.41) is 0.257. The maximum Gasteiger partial charge on any atom is 0.276 e. The molecule has 1 aliphatic rings. The van der Waals surface area contributed by atoms with Crippen LogP contribution in [0.1, 0.15) is 39.0 Å². The number of carbonyl (C=O) groups excluding carboxylic acids is 1. The number of hydrazine groups is 1. The zero-order valence-electron chi connectivity index (χ0n) is 8.34. The molecule has 0 saturated heterocycles. The van der Waals surface area contributed by atoms with E-state index < -0.39 is 0 Å². The Labute approximate surface area is 89.4 Å². The van der Waals surface area contributed by atoms with Crippen molar-refractivity contribution >= 4 is 23.3 Å². The van der Waals surface area contributed by atoms with Gasteiger partial charge in [0.25, 0.3) is 5.17 Å². The third-order valence-electron chi connectivity index (χ3n) is 2.17. The molecule has 1 amide bonds. The number of carbonyl (C=O) groups is 1. The first-order valence-corrected chi connectivity index (χ1v) is 5.32. The predicted molar refractivity (Wildman–Crippen MR) is 57.5 cm³/mol. The van der Waals surface area contributed by atoms with E-state index in [1.54, 1.807) is 0 Å². The lowest BCUT2D eigenvalue weighted by atomic mass is 9.98. The number of ether oxygens (including phenoxy) is 1. The Hall–Kier alpha value is -0.840. The van der Waals surface area contributed by atoms with Crippen molar-refractivity contribution in [3.63, 3.8) is 0 Å². The number of rotatable bonds is 1. The van der Waals surface area contributed by atoms with Gasteiger partial charge in [0.15, 0.2) is 0 Å². The fourth-order valence-corrected chi connectivity index (χ4v) is 1.69. The zero-order chi connectivity index (χ0) is 10.4. The highest BCUT2D eigenvalue weighted by molar-refractivity contribution is 7.80. The molecule has 2 N–H and O–H groups in total. The minimum atomic E-state index is -0.181. The second-order valence-electron chi connectivity index (χ2n) is 3.47. The normalized spacial score (nSPS) is 17.2. The molecule has 0 heterocycles. The number of thiocarbonyl (C=S) groups is 1. The van der Waals surface area contributed by atoms with Crippen molar-refractivity contribution in [1.29, 1.82) is 0 Å². The summed E-state index contributed by atoms with van der Waals surface area (Å²) in [6.07, 6.45) is 6.02. The van der Waals surface area contributed by atoms with Gasteiger partial charge in [-0.3, -0.25) is 15.6 Å². The lowest BCUT2D eigenvalue weighted by Crippen LogP contribution is -2.42. The van der Waals surface area contributed by atoms with E-state index in [-0.39, 0.29) is 17.2 Å². The molecule has 0 bridgehead atoms. The molecule has 1 fully saturated rings. The number of hydrogen-bond acceptors (Lipinski definition) is 3. The average Bonchev–Trinajstić information content (AvgIpc) is 2.16. The van der Waals surface area contributed by atoms with Crippen molar-refractivity contribution in [2.75, 3.05) is 0 Å². The standard InChI is InChI=1S/C9H16N2O2S/c1-7(12)10-11-9(14)13-8-5-3-2-4-6-8/h8H,2-6H2,1H3,(H,10,12)(H,11,14). The Balaban J connectivity index is 2.15. The molecule has 0 aliphatic heterocycles. The lowest BCUT2D eigenvalue weighted by Gasteiger charge is -2.23. The Morgan fingerprint density at radius 1 is 1.29 bits per heavy atom. The van der Waals surface area contributed by atoms with Crippen LogP contribution in [-0.4, -0.2) is 17.2 Å². The molecule has 1 saturated carbocycles. The molecule has 0 radical (unpaired) electrons. The van der Waals surface area contributed by atoms with Gasteiger partial charge < -0.3 is 4.74 Å². The minimum Gasteiger partial charge on any atom is -0.467 e. The van der Waals surface area contributed by atoms with Gasteiger partial charge in [-0.25, -0.2) is 0 Å². The van der Waals surface area contributed by atoms with E-state index in [1.165, 1.54) is 26.2 Å². The molecule has 0 aromatic carbocycles. The molecule has 0 unspecified atom stereocenters. The Morgan fingerprint density at radius 3 is 2.50 bits per heavy atom. The quantitative estimate of drug-likeness (QED) is 0.512. The van der Waals surface area contributed by atoms with E-state index >= 15 is 0 Å². The first kappa shape index (κ1) is 11.2. The Morgan fingerprint density at radius 2 is 1.93 bits per heavy atom. The van der Waals surface area contributed by atoms with Gasteiger partial charge >= 0.3 is 0 Å². The molecule has 0 aromatic heterocycles. The Kier molecular flexibility index (Phi) is 4.65. The summed E-state index contributed by atoms with van der Waals surface area (Å²) in [5.74, 6) is -0.181. The van der Waals surface area contributed by atoms with Crippen LogP contribution in [0.2, 0.25) is 0 Å². The van der Waals surface area contributed by atoms with Crippen LogP contribution >= 0.6 is 12.2 Å². The van der Waals surface area contributed by atoms with Crippen LogP contribution in [0.5, 0.6) is 0 Å². The van der Waals surface area contributed by atoms with Crippen molar-refractivity contribution in [3.8, 4) is 0 Å². The SMILES string of the molecule is CC(=O)NNC(=S)OC1CCCCC1. The topological polar surface area (TPSA) is 50.4 Å².